The third-order valence-corrected chi connectivity index (χ3v) is 5.45. The van der Waals surface area contributed by atoms with Crippen LogP contribution in [0, 0.1) is 0 Å². The van der Waals surface area contributed by atoms with E-state index in [1.807, 2.05) is 33.8 Å². The molecule has 0 saturated carbocycles. The van der Waals surface area contributed by atoms with Crippen molar-refractivity contribution in [1.82, 2.24) is 9.62 Å². The fourth-order valence-electron chi connectivity index (χ4n) is 2.24. The Labute approximate surface area is 128 Å². The highest BCUT2D eigenvalue weighted by molar-refractivity contribution is 7.89. The monoisotopic (exact) mass is 314 g/mol. The second-order valence-corrected chi connectivity index (χ2v) is 6.93. The van der Waals surface area contributed by atoms with Crippen molar-refractivity contribution in [3.8, 4) is 5.75 Å². The van der Waals surface area contributed by atoms with E-state index in [0.717, 1.165) is 12.1 Å². The summed E-state index contributed by atoms with van der Waals surface area (Å²) in [7, 11) is -2.07. The van der Waals surface area contributed by atoms with Crippen LogP contribution >= 0.6 is 0 Å². The number of nitrogens with one attached hydrogen (secondary N) is 1. The smallest absolute Gasteiger partial charge is 0.246 e. The first-order valence-corrected chi connectivity index (χ1v) is 8.71. The predicted octanol–water partition coefficient (Wildman–Crippen LogP) is 2.22. The lowest BCUT2D eigenvalue weighted by molar-refractivity contribution is 0.361. The number of methoxy groups -OCH3 is 1. The maximum Gasteiger partial charge on any atom is 0.246 e. The molecule has 0 aliphatic rings. The van der Waals surface area contributed by atoms with Crippen LogP contribution in [0.1, 0.15) is 33.3 Å². The molecule has 0 radical (unpaired) electrons. The molecule has 1 aromatic rings. The molecule has 21 heavy (non-hydrogen) atoms. The molecule has 5 nitrogen and oxygen atoms in total. The molecule has 0 aromatic heterocycles. The SMILES string of the molecule is CCNCc1ccc(OC)c(S(=O)(=O)N(CC)C(C)C)c1. The lowest BCUT2D eigenvalue weighted by atomic mass is 10.2. The van der Waals surface area contributed by atoms with Crippen molar-refractivity contribution in [1.29, 1.82) is 0 Å². The van der Waals surface area contributed by atoms with Crippen LogP contribution in [-0.2, 0) is 16.6 Å². The molecule has 0 aliphatic heterocycles. The van der Waals surface area contributed by atoms with Crippen molar-refractivity contribution in [3.63, 3.8) is 0 Å². The van der Waals surface area contributed by atoms with Gasteiger partial charge in [-0.1, -0.05) is 19.9 Å². The molecule has 0 saturated heterocycles. The highest BCUT2D eigenvalue weighted by Gasteiger charge is 2.28. The van der Waals surface area contributed by atoms with Gasteiger partial charge in [0.15, 0.2) is 0 Å². The zero-order valence-corrected chi connectivity index (χ0v) is 14.3. The summed E-state index contributed by atoms with van der Waals surface area (Å²) in [6, 6.07) is 5.20. The van der Waals surface area contributed by atoms with Gasteiger partial charge in [0.1, 0.15) is 10.6 Å². The fraction of sp³-hybridized carbons (Fsp3) is 0.600. The number of hydrogen-bond donors (Lipinski definition) is 1. The quantitative estimate of drug-likeness (QED) is 0.799. The number of benzene rings is 1. The van der Waals surface area contributed by atoms with Crippen LogP contribution in [0.25, 0.3) is 0 Å². The highest BCUT2D eigenvalue weighted by atomic mass is 32.2. The lowest BCUT2D eigenvalue weighted by Gasteiger charge is -2.25. The van der Waals surface area contributed by atoms with Gasteiger partial charge in [-0.3, -0.25) is 0 Å². The molecule has 0 unspecified atom stereocenters. The van der Waals surface area contributed by atoms with Crippen molar-refractivity contribution in [2.75, 3.05) is 20.2 Å². The van der Waals surface area contributed by atoms with Crippen LogP contribution in [0.15, 0.2) is 23.1 Å². The number of hydrogen-bond acceptors (Lipinski definition) is 4. The largest absolute Gasteiger partial charge is 0.495 e. The number of nitrogens with zero attached hydrogens (tertiary/aromatic N) is 1. The van der Waals surface area contributed by atoms with Crippen LogP contribution in [0.5, 0.6) is 5.75 Å². The lowest BCUT2D eigenvalue weighted by Crippen LogP contribution is -2.36. The minimum Gasteiger partial charge on any atom is -0.495 e. The minimum atomic E-state index is -3.56. The van der Waals surface area contributed by atoms with Crippen molar-refractivity contribution in [2.24, 2.45) is 0 Å². The average Bonchev–Trinajstić information content (AvgIpc) is 2.44. The molecule has 1 N–H and O–H groups in total. The first-order valence-electron chi connectivity index (χ1n) is 7.27. The maximum atomic E-state index is 12.8. The Bertz CT molecular complexity index is 556. The van der Waals surface area contributed by atoms with Crippen LogP contribution in [0.2, 0.25) is 0 Å². The highest BCUT2D eigenvalue weighted by Crippen LogP contribution is 2.28. The first kappa shape index (κ1) is 17.9. The number of ether oxygens (including phenoxy) is 1. The molecular weight excluding hydrogens is 288 g/mol. The number of sulfonamides is 1. The molecule has 0 bridgehead atoms. The summed E-state index contributed by atoms with van der Waals surface area (Å²) in [6.07, 6.45) is 0. The topological polar surface area (TPSA) is 58.6 Å². The van der Waals surface area contributed by atoms with Gasteiger partial charge in [0.05, 0.1) is 7.11 Å². The van der Waals surface area contributed by atoms with Crippen LogP contribution in [-0.4, -0.2) is 39.0 Å². The van der Waals surface area contributed by atoms with E-state index in [0.29, 0.717) is 18.8 Å². The maximum absolute atomic E-state index is 12.8. The summed E-state index contributed by atoms with van der Waals surface area (Å²) in [6.45, 7) is 9.50. The Morgan fingerprint density at radius 2 is 1.95 bits per heavy atom. The van der Waals surface area contributed by atoms with Gasteiger partial charge in [-0.15, -0.1) is 0 Å². The summed E-state index contributed by atoms with van der Waals surface area (Å²) < 4.78 is 32.4. The molecule has 0 aliphatic carbocycles. The fourth-order valence-corrected chi connectivity index (χ4v) is 4.09. The van der Waals surface area contributed by atoms with Gasteiger partial charge >= 0.3 is 0 Å². The Morgan fingerprint density at radius 1 is 1.29 bits per heavy atom. The van der Waals surface area contributed by atoms with Crippen LogP contribution in [0.4, 0.5) is 0 Å². The minimum absolute atomic E-state index is 0.0953. The van der Waals surface area contributed by atoms with Crippen LogP contribution < -0.4 is 10.1 Å². The third-order valence-electron chi connectivity index (χ3n) is 3.28. The third kappa shape index (κ3) is 4.18. The zero-order chi connectivity index (χ0) is 16.0. The molecule has 0 amide bonds. The van der Waals surface area contributed by atoms with Gasteiger partial charge in [-0.25, -0.2) is 8.42 Å². The first-order chi connectivity index (χ1) is 9.88. The van der Waals surface area contributed by atoms with Gasteiger partial charge < -0.3 is 10.1 Å². The normalized spacial score (nSPS) is 12.1. The molecule has 0 spiro atoms. The molecule has 6 heteroatoms. The summed E-state index contributed by atoms with van der Waals surface area (Å²) in [4.78, 5) is 0.232. The number of rotatable bonds is 8. The van der Waals surface area contributed by atoms with E-state index < -0.39 is 10.0 Å². The Morgan fingerprint density at radius 3 is 2.43 bits per heavy atom. The van der Waals surface area contributed by atoms with Gasteiger partial charge in [-0.05, 0) is 38.1 Å². The Hall–Kier alpha value is -1.11. The molecule has 1 aromatic carbocycles. The average molecular weight is 314 g/mol. The Balaban J connectivity index is 3.30. The summed E-state index contributed by atoms with van der Waals surface area (Å²) in [5.74, 6) is 0.384. The molecule has 0 heterocycles. The van der Waals surface area contributed by atoms with E-state index in [2.05, 4.69) is 5.32 Å². The van der Waals surface area contributed by atoms with Crippen molar-refractivity contribution in [2.45, 2.75) is 45.2 Å². The van der Waals surface area contributed by atoms with Gasteiger partial charge in [0.25, 0.3) is 0 Å². The van der Waals surface area contributed by atoms with E-state index in [1.54, 1.807) is 12.1 Å². The van der Waals surface area contributed by atoms with Gasteiger partial charge in [0, 0.05) is 19.1 Å². The molecule has 120 valence electrons. The van der Waals surface area contributed by atoms with Crippen molar-refractivity contribution >= 4 is 10.0 Å². The standard InChI is InChI=1S/C15H26N2O3S/c1-6-16-11-13-8-9-14(20-5)15(10-13)21(18,19)17(7-2)12(3)4/h8-10,12,16H,6-7,11H2,1-5H3. The van der Waals surface area contributed by atoms with Crippen LogP contribution in [0.3, 0.4) is 0 Å². The summed E-state index contributed by atoms with van der Waals surface area (Å²) in [5.41, 5.74) is 0.927. The van der Waals surface area contributed by atoms with Crippen molar-refractivity contribution in [3.05, 3.63) is 23.8 Å². The van der Waals surface area contributed by atoms with E-state index in [4.69, 9.17) is 4.74 Å². The van der Waals surface area contributed by atoms with Gasteiger partial charge in [-0.2, -0.15) is 4.31 Å². The van der Waals surface area contributed by atoms with E-state index in [-0.39, 0.29) is 10.9 Å². The van der Waals surface area contributed by atoms with E-state index in [9.17, 15) is 8.42 Å². The zero-order valence-electron chi connectivity index (χ0n) is 13.5. The summed E-state index contributed by atoms with van der Waals surface area (Å²) in [5, 5.41) is 3.20. The second kappa shape index (κ2) is 7.77. The molecule has 0 fully saturated rings. The Kier molecular flexibility index (Phi) is 6.64. The second-order valence-electron chi connectivity index (χ2n) is 5.07. The van der Waals surface area contributed by atoms with Crippen molar-refractivity contribution < 1.29 is 13.2 Å². The molecule has 1 rings (SSSR count). The molecule has 0 atom stereocenters. The van der Waals surface area contributed by atoms with E-state index in [1.165, 1.54) is 11.4 Å². The predicted molar refractivity (Wildman–Crippen MR) is 85.1 cm³/mol. The molecular formula is C15H26N2O3S. The summed E-state index contributed by atoms with van der Waals surface area (Å²) >= 11 is 0. The van der Waals surface area contributed by atoms with E-state index >= 15 is 0 Å². The van der Waals surface area contributed by atoms with Gasteiger partial charge in [0.2, 0.25) is 10.0 Å².